The Morgan fingerprint density at radius 2 is 1.50 bits per heavy atom. The van der Waals surface area contributed by atoms with Crippen LogP contribution in [0.25, 0.3) is 0 Å². The zero-order valence-corrected chi connectivity index (χ0v) is 11.7. The normalized spacial score (nSPS) is 10.8. The lowest BCUT2D eigenvalue weighted by Crippen LogP contribution is -2.00. The van der Waals surface area contributed by atoms with E-state index in [1.54, 1.807) is 6.92 Å². The van der Waals surface area contributed by atoms with Crippen molar-refractivity contribution >= 4 is 0 Å². The lowest BCUT2D eigenvalue weighted by molar-refractivity contribution is 0.313. The minimum atomic E-state index is 0.0332. The molecule has 0 amide bonds. The standard InChI is InChI=1S/C14H22O4/c1-8(2)6-7-10-9(3)11(15)13(17-4)14(18-5)12(10)16/h8,15-16H,6-7H2,1-5H3. The third-order valence-electron chi connectivity index (χ3n) is 3.11. The van der Waals surface area contributed by atoms with Crippen molar-refractivity contribution in [1.29, 1.82) is 0 Å². The number of methoxy groups -OCH3 is 2. The van der Waals surface area contributed by atoms with Crippen LogP contribution < -0.4 is 9.47 Å². The molecule has 0 spiro atoms. The first kappa shape index (κ1) is 14.5. The van der Waals surface area contributed by atoms with Crippen molar-refractivity contribution in [1.82, 2.24) is 0 Å². The van der Waals surface area contributed by atoms with Gasteiger partial charge in [-0.2, -0.15) is 0 Å². The Labute approximate surface area is 108 Å². The van der Waals surface area contributed by atoms with Crippen LogP contribution in [-0.2, 0) is 6.42 Å². The molecule has 102 valence electrons. The molecule has 2 N–H and O–H groups in total. The van der Waals surface area contributed by atoms with Crippen molar-refractivity contribution < 1.29 is 19.7 Å². The van der Waals surface area contributed by atoms with Crippen LogP contribution in [0.2, 0.25) is 0 Å². The van der Waals surface area contributed by atoms with Crippen molar-refractivity contribution in [2.75, 3.05) is 14.2 Å². The highest BCUT2D eigenvalue weighted by atomic mass is 16.5. The molecule has 0 aliphatic heterocycles. The Bertz CT molecular complexity index is 425. The molecule has 4 heteroatoms. The van der Waals surface area contributed by atoms with Gasteiger partial charge in [-0.05, 0) is 25.7 Å². The molecular weight excluding hydrogens is 232 g/mol. The monoisotopic (exact) mass is 254 g/mol. The first-order chi connectivity index (χ1) is 8.43. The van der Waals surface area contributed by atoms with Gasteiger partial charge in [0.1, 0.15) is 0 Å². The highest BCUT2D eigenvalue weighted by Crippen LogP contribution is 2.48. The van der Waals surface area contributed by atoms with Crippen LogP contribution in [0.1, 0.15) is 31.4 Å². The molecule has 0 atom stereocenters. The molecule has 18 heavy (non-hydrogen) atoms. The third kappa shape index (κ3) is 2.63. The number of phenols is 2. The van der Waals surface area contributed by atoms with Gasteiger partial charge in [0.15, 0.2) is 11.5 Å². The van der Waals surface area contributed by atoms with Gasteiger partial charge in [0.25, 0.3) is 0 Å². The van der Waals surface area contributed by atoms with Crippen molar-refractivity contribution in [2.24, 2.45) is 5.92 Å². The zero-order valence-electron chi connectivity index (χ0n) is 11.7. The van der Waals surface area contributed by atoms with Crippen molar-refractivity contribution in [2.45, 2.75) is 33.6 Å². The first-order valence-corrected chi connectivity index (χ1v) is 6.09. The van der Waals surface area contributed by atoms with Crippen LogP contribution in [-0.4, -0.2) is 24.4 Å². The third-order valence-corrected chi connectivity index (χ3v) is 3.11. The van der Waals surface area contributed by atoms with E-state index in [0.717, 1.165) is 12.0 Å². The van der Waals surface area contributed by atoms with Crippen LogP contribution in [0.5, 0.6) is 23.0 Å². The Balaban J connectivity index is 3.30. The lowest BCUT2D eigenvalue weighted by atomic mass is 9.96. The summed E-state index contributed by atoms with van der Waals surface area (Å²) in [6.45, 7) is 6.01. The summed E-state index contributed by atoms with van der Waals surface area (Å²) >= 11 is 0. The minimum absolute atomic E-state index is 0.0332. The fraction of sp³-hybridized carbons (Fsp3) is 0.571. The van der Waals surface area contributed by atoms with Gasteiger partial charge in [0, 0.05) is 11.1 Å². The van der Waals surface area contributed by atoms with Gasteiger partial charge in [0.2, 0.25) is 11.5 Å². The second-order valence-corrected chi connectivity index (χ2v) is 4.80. The van der Waals surface area contributed by atoms with E-state index in [9.17, 15) is 10.2 Å². The summed E-state index contributed by atoms with van der Waals surface area (Å²) in [5.41, 5.74) is 1.37. The van der Waals surface area contributed by atoms with Crippen molar-refractivity contribution in [3.05, 3.63) is 11.1 Å². The predicted molar refractivity (Wildman–Crippen MR) is 70.8 cm³/mol. The number of ether oxygens (including phenoxy) is 2. The van der Waals surface area contributed by atoms with E-state index in [1.165, 1.54) is 14.2 Å². The summed E-state index contributed by atoms with van der Waals surface area (Å²) < 4.78 is 10.2. The zero-order chi connectivity index (χ0) is 13.9. The Morgan fingerprint density at radius 1 is 1.00 bits per heavy atom. The average molecular weight is 254 g/mol. The average Bonchev–Trinajstić information content (AvgIpc) is 2.32. The fourth-order valence-corrected chi connectivity index (χ4v) is 1.96. The van der Waals surface area contributed by atoms with Gasteiger partial charge in [-0.3, -0.25) is 0 Å². The van der Waals surface area contributed by atoms with E-state index in [0.29, 0.717) is 17.9 Å². The number of rotatable bonds is 5. The smallest absolute Gasteiger partial charge is 0.207 e. The van der Waals surface area contributed by atoms with Gasteiger partial charge < -0.3 is 19.7 Å². The number of benzene rings is 1. The summed E-state index contributed by atoms with van der Waals surface area (Å²) in [4.78, 5) is 0. The molecule has 0 saturated carbocycles. The number of phenolic OH excluding ortho intramolecular Hbond substituents is 2. The van der Waals surface area contributed by atoms with Crippen LogP contribution in [0.4, 0.5) is 0 Å². The summed E-state index contributed by atoms with van der Waals surface area (Å²) in [6, 6.07) is 0. The van der Waals surface area contributed by atoms with Crippen molar-refractivity contribution in [3.63, 3.8) is 0 Å². The maximum Gasteiger partial charge on any atom is 0.207 e. The first-order valence-electron chi connectivity index (χ1n) is 6.09. The van der Waals surface area contributed by atoms with Gasteiger partial charge in [-0.15, -0.1) is 0 Å². The van der Waals surface area contributed by atoms with Gasteiger partial charge in [-0.1, -0.05) is 13.8 Å². The Morgan fingerprint density at radius 3 is 1.94 bits per heavy atom. The number of hydrogen-bond donors (Lipinski definition) is 2. The van der Waals surface area contributed by atoms with E-state index in [1.807, 2.05) is 0 Å². The van der Waals surface area contributed by atoms with Gasteiger partial charge in [0.05, 0.1) is 14.2 Å². The molecule has 0 heterocycles. The Kier molecular flexibility index (Phi) is 4.70. The maximum atomic E-state index is 10.2. The molecule has 0 bridgehead atoms. The molecule has 1 aromatic rings. The minimum Gasteiger partial charge on any atom is -0.504 e. The molecule has 0 radical (unpaired) electrons. The molecule has 0 aromatic heterocycles. The van der Waals surface area contributed by atoms with Crippen LogP contribution in [0, 0.1) is 12.8 Å². The van der Waals surface area contributed by atoms with E-state index < -0.39 is 0 Å². The quantitative estimate of drug-likeness (QED) is 0.793. The van der Waals surface area contributed by atoms with E-state index in [-0.39, 0.29) is 23.0 Å². The molecular formula is C14H22O4. The number of hydrogen-bond acceptors (Lipinski definition) is 4. The fourth-order valence-electron chi connectivity index (χ4n) is 1.96. The second-order valence-electron chi connectivity index (χ2n) is 4.80. The van der Waals surface area contributed by atoms with E-state index >= 15 is 0 Å². The highest BCUT2D eigenvalue weighted by Gasteiger charge is 2.22. The lowest BCUT2D eigenvalue weighted by Gasteiger charge is -2.18. The molecule has 0 aliphatic carbocycles. The Hall–Kier alpha value is -1.58. The van der Waals surface area contributed by atoms with Gasteiger partial charge in [-0.25, -0.2) is 0 Å². The largest absolute Gasteiger partial charge is 0.504 e. The predicted octanol–water partition coefficient (Wildman–Crippen LogP) is 3.01. The molecule has 0 fully saturated rings. The second kappa shape index (κ2) is 5.85. The molecule has 0 saturated heterocycles. The van der Waals surface area contributed by atoms with Crippen LogP contribution in [0.15, 0.2) is 0 Å². The maximum absolute atomic E-state index is 10.2. The van der Waals surface area contributed by atoms with Crippen molar-refractivity contribution in [3.8, 4) is 23.0 Å². The molecule has 0 unspecified atom stereocenters. The molecule has 4 nitrogen and oxygen atoms in total. The number of aromatic hydroxyl groups is 2. The SMILES string of the molecule is COc1c(O)c(C)c(CCC(C)C)c(O)c1OC. The molecule has 1 rings (SSSR count). The summed E-state index contributed by atoms with van der Waals surface area (Å²) in [5, 5.41) is 20.3. The highest BCUT2D eigenvalue weighted by molar-refractivity contribution is 5.65. The summed E-state index contributed by atoms with van der Waals surface area (Å²) in [5.74, 6) is 0.996. The molecule has 0 aliphatic rings. The van der Waals surface area contributed by atoms with Crippen LogP contribution in [0.3, 0.4) is 0 Å². The van der Waals surface area contributed by atoms with Gasteiger partial charge >= 0.3 is 0 Å². The summed E-state index contributed by atoms with van der Waals surface area (Å²) in [6.07, 6.45) is 1.63. The topological polar surface area (TPSA) is 58.9 Å². The van der Waals surface area contributed by atoms with E-state index in [4.69, 9.17) is 9.47 Å². The van der Waals surface area contributed by atoms with E-state index in [2.05, 4.69) is 13.8 Å². The summed E-state index contributed by atoms with van der Waals surface area (Å²) in [7, 11) is 2.88. The van der Waals surface area contributed by atoms with Crippen LogP contribution >= 0.6 is 0 Å². The molecule has 1 aromatic carbocycles.